The van der Waals surface area contributed by atoms with E-state index in [2.05, 4.69) is 41.3 Å². The van der Waals surface area contributed by atoms with Crippen LogP contribution in [-0.2, 0) is 0 Å². The zero-order valence-corrected chi connectivity index (χ0v) is 12.0. The van der Waals surface area contributed by atoms with Crippen LogP contribution in [0, 0.1) is 12.1 Å². The van der Waals surface area contributed by atoms with Crippen LogP contribution in [0.1, 0.15) is 0 Å². The van der Waals surface area contributed by atoms with Gasteiger partial charge in [0.15, 0.2) is 0 Å². The quantitative estimate of drug-likeness (QED) is 0.510. The number of hydrogen-bond donors (Lipinski definition) is 1. The molecule has 0 amide bonds. The topological polar surface area (TPSA) is 29.3 Å². The van der Waals surface area contributed by atoms with E-state index in [0.29, 0.717) is 0 Å². The summed E-state index contributed by atoms with van der Waals surface area (Å²) in [7, 11) is 0. The molecule has 4 rings (SSSR count). The molecule has 0 aromatic heterocycles. The highest BCUT2D eigenvalue weighted by molar-refractivity contribution is 7.99. The van der Waals surface area contributed by atoms with Crippen molar-refractivity contribution in [3.05, 3.63) is 72.8 Å². The second-order valence-electron chi connectivity index (χ2n) is 4.78. The van der Waals surface area contributed by atoms with Crippen LogP contribution in [0.4, 0.5) is 22.7 Å². The zero-order valence-electron chi connectivity index (χ0n) is 11.2. The summed E-state index contributed by atoms with van der Waals surface area (Å²) < 4.78 is 0. The first-order valence-electron chi connectivity index (χ1n) is 6.68. The van der Waals surface area contributed by atoms with Gasteiger partial charge in [0.25, 0.3) is 0 Å². The average Bonchev–Trinajstić information content (AvgIpc) is 2.54. The Bertz CT molecular complexity index is 799. The maximum atomic E-state index is 6.25. The van der Waals surface area contributed by atoms with Crippen LogP contribution in [0.5, 0.6) is 0 Å². The van der Waals surface area contributed by atoms with Crippen molar-refractivity contribution in [3.63, 3.8) is 0 Å². The number of anilines is 4. The summed E-state index contributed by atoms with van der Waals surface area (Å²) >= 11 is 1.75. The van der Waals surface area contributed by atoms with Gasteiger partial charge in [-0.05, 0) is 42.5 Å². The fourth-order valence-corrected chi connectivity index (χ4v) is 3.65. The maximum Gasteiger partial charge on any atom is 0.0974 e. The van der Waals surface area contributed by atoms with Gasteiger partial charge in [-0.1, -0.05) is 42.1 Å². The van der Waals surface area contributed by atoms with E-state index < -0.39 is 0 Å². The normalized spacial score (nSPS) is 12.3. The lowest BCUT2D eigenvalue weighted by Gasteiger charge is -2.32. The number of rotatable bonds is 1. The molecule has 3 aromatic carbocycles. The van der Waals surface area contributed by atoms with E-state index in [1.807, 2.05) is 36.4 Å². The molecule has 0 aliphatic carbocycles. The lowest BCUT2D eigenvalue weighted by Crippen LogP contribution is -2.16. The second kappa shape index (κ2) is 4.76. The fourth-order valence-electron chi connectivity index (χ4n) is 2.55. The Balaban J connectivity index is 2.01. The van der Waals surface area contributed by atoms with Gasteiger partial charge >= 0.3 is 0 Å². The standard InChI is InChI=1S/C18H12N2S/c19-14-9-6-12-17-18(14)20(13-7-2-1-3-8-13)15-10-4-5-11-16(15)21-17/h1-2,4-7,9-12H,19H2. The molecular weight excluding hydrogens is 276 g/mol. The summed E-state index contributed by atoms with van der Waals surface area (Å²) in [4.78, 5) is 4.53. The largest absolute Gasteiger partial charge is 0.397 e. The molecule has 1 heterocycles. The molecule has 100 valence electrons. The molecule has 0 saturated heterocycles. The van der Waals surface area contributed by atoms with Crippen LogP contribution in [0.25, 0.3) is 0 Å². The number of hydrogen-bond acceptors (Lipinski definition) is 3. The molecule has 0 bridgehead atoms. The summed E-state index contributed by atoms with van der Waals surface area (Å²) in [6.07, 6.45) is 0. The van der Waals surface area contributed by atoms with E-state index in [0.717, 1.165) is 27.6 Å². The average molecular weight is 288 g/mol. The first-order chi connectivity index (χ1) is 10.3. The van der Waals surface area contributed by atoms with Crippen molar-refractivity contribution in [1.29, 1.82) is 0 Å². The molecule has 21 heavy (non-hydrogen) atoms. The molecule has 0 radical (unpaired) electrons. The third-order valence-corrected chi connectivity index (χ3v) is 4.57. The highest BCUT2D eigenvalue weighted by atomic mass is 32.2. The lowest BCUT2D eigenvalue weighted by molar-refractivity contribution is 1.17. The Morgan fingerprint density at radius 3 is 2.62 bits per heavy atom. The molecule has 3 aromatic rings. The molecule has 2 nitrogen and oxygen atoms in total. The van der Waals surface area contributed by atoms with E-state index in [-0.39, 0.29) is 0 Å². The number of para-hydroxylation sites is 2. The summed E-state index contributed by atoms with van der Waals surface area (Å²) in [5.74, 6) is 0. The Kier molecular flexibility index (Phi) is 2.77. The zero-order chi connectivity index (χ0) is 14.2. The number of nitrogen functional groups attached to an aromatic ring is 1. The Hall–Kier alpha value is -2.57. The first-order valence-corrected chi connectivity index (χ1v) is 7.50. The van der Waals surface area contributed by atoms with Gasteiger partial charge in [0.1, 0.15) is 0 Å². The predicted octanol–water partition coefficient (Wildman–Crippen LogP) is 4.80. The van der Waals surface area contributed by atoms with Gasteiger partial charge in [0.05, 0.1) is 22.7 Å². The van der Waals surface area contributed by atoms with E-state index in [9.17, 15) is 0 Å². The summed E-state index contributed by atoms with van der Waals surface area (Å²) in [6.45, 7) is 0. The van der Waals surface area contributed by atoms with Gasteiger partial charge in [-0.15, -0.1) is 0 Å². The fraction of sp³-hybridized carbons (Fsp3) is 0. The van der Waals surface area contributed by atoms with Crippen LogP contribution in [-0.4, -0.2) is 0 Å². The molecular formula is C18H12N2S. The molecule has 0 unspecified atom stereocenters. The van der Waals surface area contributed by atoms with Gasteiger partial charge in [-0.2, -0.15) is 0 Å². The summed E-state index contributed by atoms with van der Waals surface area (Å²) in [6, 6.07) is 26.4. The second-order valence-corrected chi connectivity index (χ2v) is 5.86. The van der Waals surface area contributed by atoms with Crippen LogP contribution in [0.15, 0.2) is 70.5 Å². The van der Waals surface area contributed by atoms with Crippen LogP contribution >= 0.6 is 11.8 Å². The van der Waals surface area contributed by atoms with Crippen LogP contribution < -0.4 is 10.6 Å². The third-order valence-electron chi connectivity index (χ3n) is 3.45. The Labute approximate surface area is 128 Å². The van der Waals surface area contributed by atoms with Gasteiger partial charge in [0.2, 0.25) is 0 Å². The molecule has 1 aliphatic rings. The monoisotopic (exact) mass is 288 g/mol. The van der Waals surface area contributed by atoms with E-state index in [4.69, 9.17) is 5.73 Å². The van der Waals surface area contributed by atoms with Gasteiger partial charge in [-0.3, -0.25) is 4.90 Å². The predicted molar refractivity (Wildman–Crippen MR) is 87.3 cm³/mol. The van der Waals surface area contributed by atoms with Crippen molar-refractivity contribution < 1.29 is 0 Å². The molecule has 0 spiro atoms. The van der Waals surface area contributed by atoms with E-state index >= 15 is 0 Å². The van der Waals surface area contributed by atoms with Crippen molar-refractivity contribution in [2.24, 2.45) is 0 Å². The number of fused-ring (bicyclic) bond motifs is 2. The van der Waals surface area contributed by atoms with Gasteiger partial charge in [-0.25, -0.2) is 0 Å². The molecule has 2 N–H and O–H groups in total. The molecule has 0 fully saturated rings. The molecule has 0 atom stereocenters. The minimum absolute atomic E-state index is 0.770. The minimum Gasteiger partial charge on any atom is -0.397 e. The van der Waals surface area contributed by atoms with E-state index in [1.54, 1.807) is 11.8 Å². The van der Waals surface area contributed by atoms with Crippen molar-refractivity contribution in [2.75, 3.05) is 10.6 Å². The number of nitrogens with zero attached hydrogens (tertiary/aromatic N) is 1. The molecule has 3 heteroatoms. The summed E-state index contributed by atoms with van der Waals surface area (Å²) in [5.41, 5.74) is 10.1. The maximum absolute atomic E-state index is 6.25. The van der Waals surface area contributed by atoms with Gasteiger partial charge in [0, 0.05) is 9.79 Å². The molecule has 0 saturated carbocycles. The van der Waals surface area contributed by atoms with Crippen LogP contribution in [0.2, 0.25) is 0 Å². The Morgan fingerprint density at radius 1 is 0.905 bits per heavy atom. The number of benzene rings is 2. The third kappa shape index (κ3) is 1.93. The highest BCUT2D eigenvalue weighted by Crippen LogP contribution is 2.52. The van der Waals surface area contributed by atoms with Crippen molar-refractivity contribution in [3.8, 4) is 0 Å². The van der Waals surface area contributed by atoms with Crippen LogP contribution in [0.3, 0.4) is 0 Å². The lowest BCUT2D eigenvalue weighted by atomic mass is 10.1. The summed E-state index contributed by atoms with van der Waals surface area (Å²) in [5, 5.41) is 0. The first kappa shape index (κ1) is 12.2. The molecule has 1 aliphatic heterocycles. The van der Waals surface area contributed by atoms with Crippen molar-refractivity contribution in [1.82, 2.24) is 0 Å². The van der Waals surface area contributed by atoms with Gasteiger partial charge < -0.3 is 5.73 Å². The van der Waals surface area contributed by atoms with Crippen molar-refractivity contribution >= 4 is 34.5 Å². The highest BCUT2D eigenvalue weighted by Gasteiger charge is 2.26. The van der Waals surface area contributed by atoms with E-state index in [1.165, 1.54) is 4.90 Å². The minimum atomic E-state index is 0.770. The number of nitrogens with two attached hydrogens (primary N) is 1. The Morgan fingerprint density at radius 2 is 1.76 bits per heavy atom. The SMILES string of the molecule is Nc1cccc2c1N(c1c#cccc1)c1ccccc1S2. The smallest absolute Gasteiger partial charge is 0.0974 e. The van der Waals surface area contributed by atoms with Crippen molar-refractivity contribution in [2.45, 2.75) is 9.79 Å².